The van der Waals surface area contributed by atoms with Gasteiger partial charge in [0.15, 0.2) is 0 Å². The molecular weight excluding hydrogens is 227 g/mol. The van der Waals surface area contributed by atoms with Crippen LogP contribution in [0.5, 0.6) is 0 Å². The molecule has 1 aromatic rings. The highest BCUT2D eigenvalue weighted by molar-refractivity contribution is 5.24. The summed E-state index contributed by atoms with van der Waals surface area (Å²) in [5.41, 5.74) is 1.84. The van der Waals surface area contributed by atoms with Crippen LogP contribution in [0, 0.1) is 5.82 Å². The number of hydrogen-bond donors (Lipinski definition) is 1. The van der Waals surface area contributed by atoms with Gasteiger partial charge >= 0.3 is 0 Å². The molecule has 1 aliphatic carbocycles. The van der Waals surface area contributed by atoms with Crippen molar-refractivity contribution in [3.63, 3.8) is 0 Å². The molecule has 0 radical (unpaired) electrons. The minimum Gasteiger partial charge on any atom is -0.305 e. The summed E-state index contributed by atoms with van der Waals surface area (Å²) in [5, 5.41) is 3.43. The molecule has 0 aliphatic heterocycles. The molecule has 3 heteroatoms. The lowest BCUT2D eigenvalue weighted by Gasteiger charge is -2.24. The van der Waals surface area contributed by atoms with Gasteiger partial charge in [0.05, 0.1) is 11.7 Å². The highest BCUT2D eigenvalue weighted by Crippen LogP contribution is 2.29. The van der Waals surface area contributed by atoms with Crippen LogP contribution < -0.4 is 5.32 Å². The number of hydrogen-bond acceptors (Lipinski definition) is 2. The molecule has 98 valence electrons. The molecule has 1 unspecified atom stereocenters. The molecule has 0 amide bonds. The fourth-order valence-corrected chi connectivity index (χ4v) is 2.43. The molecule has 0 bridgehead atoms. The molecule has 1 N–H and O–H groups in total. The van der Waals surface area contributed by atoms with Gasteiger partial charge in [0, 0.05) is 6.20 Å². The van der Waals surface area contributed by atoms with Gasteiger partial charge in [-0.2, -0.15) is 0 Å². The summed E-state index contributed by atoms with van der Waals surface area (Å²) in [7, 11) is 0. The molecule has 18 heavy (non-hydrogen) atoms. The number of rotatable bonds is 5. The Morgan fingerprint density at radius 3 is 3.00 bits per heavy atom. The molecule has 1 atom stereocenters. The van der Waals surface area contributed by atoms with E-state index in [9.17, 15) is 4.39 Å². The van der Waals surface area contributed by atoms with Crippen molar-refractivity contribution >= 4 is 0 Å². The molecule has 1 aliphatic rings. The van der Waals surface area contributed by atoms with Crippen molar-refractivity contribution in [2.75, 3.05) is 6.54 Å². The maximum Gasteiger partial charge on any atom is 0.146 e. The molecule has 0 saturated carbocycles. The standard InChI is InChI=1S/C15H21FN2/c1-2-10-17-14(12-7-4-3-5-8-12)15-13(16)9-6-11-18-15/h6-7,9,11,14,17H,2-5,8,10H2,1H3. The highest BCUT2D eigenvalue weighted by atomic mass is 19.1. The van der Waals surface area contributed by atoms with Crippen LogP contribution in [0.3, 0.4) is 0 Å². The molecule has 0 fully saturated rings. The molecular formula is C15H21FN2. The van der Waals surface area contributed by atoms with Crippen LogP contribution in [0.2, 0.25) is 0 Å². The second-order valence-electron chi connectivity index (χ2n) is 4.78. The smallest absolute Gasteiger partial charge is 0.146 e. The van der Waals surface area contributed by atoms with E-state index < -0.39 is 0 Å². The van der Waals surface area contributed by atoms with E-state index in [0.717, 1.165) is 25.8 Å². The first-order valence-electron chi connectivity index (χ1n) is 6.85. The lowest BCUT2D eigenvalue weighted by atomic mass is 9.91. The zero-order chi connectivity index (χ0) is 12.8. The Labute approximate surface area is 108 Å². The maximum atomic E-state index is 13.9. The number of nitrogens with one attached hydrogen (secondary N) is 1. The van der Waals surface area contributed by atoms with Crippen molar-refractivity contribution in [1.29, 1.82) is 0 Å². The van der Waals surface area contributed by atoms with Crippen LogP contribution in [-0.2, 0) is 0 Å². The van der Waals surface area contributed by atoms with Gasteiger partial charge in [0.25, 0.3) is 0 Å². The number of aromatic nitrogens is 1. The van der Waals surface area contributed by atoms with Gasteiger partial charge in [-0.15, -0.1) is 0 Å². The van der Waals surface area contributed by atoms with E-state index in [1.165, 1.54) is 24.5 Å². The average Bonchev–Trinajstić information content (AvgIpc) is 2.42. The third-order valence-electron chi connectivity index (χ3n) is 3.36. The fraction of sp³-hybridized carbons (Fsp3) is 0.533. The minimum atomic E-state index is -0.211. The molecule has 1 heterocycles. The van der Waals surface area contributed by atoms with Gasteiger partial charge < -0.3 is 5.32 Å². The highest BCUT2D eigenvalue weighted by Gasteiger charge is 2.21. The fourth-order valence-electron chi connectivity index (χ4n) is 2.43. The summed E-state index contributed by atoms with van der Waals surface area (Å²) >= 11 is 0. The summed E-state index contributed by atoms with van der Waals surface area (Å²) < 4.78 is 13.9. The van der Waals surface area contributed by atoms with E-state index in [1.807, 2.05) is 0 Å². The first-order chi connectivity index (χ1) is 8.83. The Balaban J connectivity index is 2.24. The number of nitrogens with zero attached hydrogens (tertiary/aromatic N) is 1. The van der Waals surface area contributed by atoms with Crippen LogP contribution in [0.1, 0.15) is 50.8 Å². The van der Waals surface area contributed by atoms with Gasteiger partial charge in [0.1, 0.15) is 5.82 Å². The largest absolute Gasteiger partial charge is 0.305 e. The second kappa shape index (κ2) is 6.64. The van der Waals surface area contributed by atoms with Crippen molar-refractivity contribution in [3.8, 4) is 0 Å². The first kappa shape index (κ1) is 13.2. The summed E-state index contributed by atoms with van der Waals surface area (Å²) in [4.78, 5) is 4.23. The van der Waals surface area contributed by atoms with E-state index in [0.29, 0.717) is 5.69 Å². The van der Waals surface area contributed by atoms with Crippen molar-refractivity contribution in [3.05, 3.63) is 41.5 Å². The van der Waals surface area contributed by atoms with Gasteiger partial charge in [-0.3, -0.25) is 4.98 Å². The SMILES string of the molecule is CCCNC(C1=CCCCC1)c1ncccc1F. The maximum absolute atomic E-state index is 13.9. The van der Waals surface area contributed by atoms with E-state index in [-0.39, 0.29) is 11.9 Å². The molecule has 0 spiro atoms. The first-order valence-corrected chi connectivity index (χ1v) is 6.85. The third kappa shape index (κ3) is 3.16. The summed E-state index contributed by atoms with van der Waals surface area (Å²) in [6.45, 7) is 3.01. The third-order valence-corrected chi connectivity index (χ3v) is 3.36. The predicted octanol–water partition coefficient (Wildman–Crippen LogP) is 3.76. The van der Waals surface area contributed by atoms with Gasteiger partial charge in [-0.05, 0) is 50.8 Å². The monoisotopic (exact) mass is 248 g/mol. The van der Waals surface area contributed by atoms with E-state index in [4.69, 9.17) is 0 Å². The van der Waals surface area contributed by atoms with Crippen LogP contribution >= 0.6 is 0 Å². The molecule has 2 rings (SSSR count). The molecule has 2 nitrogen and oxygen atoms in total. The molecule has 0 saturated heterocycles. The van der Waals surface area contributed by atoms with Gasteiger partial charge in [-0.25, -0.2) is 4.39 Å². The van der Waals surface area contributed by atoms with E-state index in [1.54, 1.807) is 12.3 Å². The van der Waals surface area contributed by atoms with Crippen LogP contribution in [0.15, 0.2) is 30.0 Å². The topological polar surface area (TPSA) is 24.9 Å². The summed E-state index contributed by atoms with van der Waals surface area (Å²) in [6, 6.07) is 3.09. The minimum absolute atomic E-state index is 0.0496. The number of allylic oxidation sites excluding steroid dienone is 1. The average molecular weight is 248 g/mol. The van der Waals surface area contributed by atoms with Crippen LogP contribution in [0.4, 0.5) is 4.39 Å². The quantitative estimate of drug-likeness (QED) is 0.802. The van der Waals surface area contributed by atoms with E-state index >= 15 is 0 Å². The lowest BCUT2D eigenvalue weighted by molar-refractivity contribution is 0.503. The van der Waals surface area contributed by atoms with Crippen molar-refractivity contribution in [2.24, 2.45) is 0 Å². The summed E-state index contributed by atoms with van der Waals surface area (Å²) in [5.74, 6) is -0.211. The second-order valence-corrected chi connectivity index (χ2v) is 4.78. The van der Waals surface area contributed by atoms with Crippen LogP contribution in [0.25, 0.3) is 0 Å². The Hall–Kier alpha value is -1.22. The van der Waals surface area contributed by atoms with Crippen molar-refractivity contribution < 1.29 is 4.39 Å². The number of halogens is 1. The Morgan fingerprint density at radius 2 is 2.33 bits per heavy atom. The molecule has 0 aromatic carbocycles. The summed E-state index contributed by atoms with van der Waals surface area (Å²) in [6.07, 6.45) is 9.57. The number of pyridine rings is 1. The Kier molecular flexibility index (Phi) is 4.88. The zero-order valence-corrected chi connectivity index (χ0v) is 11.0. The normalized spacial score (nSPS) is 17.3. The lowest BCUT2D eigenvalue weighted by Crippen LogP contribution is -2.26. The molecule has 1 aromatic heterocycles. The van der Waals surface area contributed by atoms with Crippen LogP contribution in [-0.4, -0.2) is 11.5 Å². The van der Waals surface area contributed by atoms with E-state index in [2.05, 4.69) is 23.3 Å². The Morgan fingerprint density at radius 1 is 1.44 bits per heavy atom. The van der Waals surface area contributed by atoms with Crippen molar-refractivity contribution in [1.82, 2.24) is 10.3 Å². The zero-order valence-electron chi connectivity index (χ0n) is 11.0. The van der Waals surface area contributed by atoms with Gasteiger partial charge in [-0.1, -0.05) is 18.6 Å². The predicted molar refractivity (Wildman–Crippen MR) is 71.8 cm³/mol. The van der Waals surface area contributed by atoms with Crippen molar-refractivity contribution in [2.45, 2.75) is 45.1 Å². The Bertz CT molecular complexity index is 415. The van der Waals surface area contributed by atoms with Gasteiger partial charge in [0.2, 0.25) is 0 Å².